The van der Waals surface area contributed by atoms with Crippen LogP contribution in [0.4, 0.5) is 0 Å². The summed E-state index contributed by atoms with van der Waals surface area (Å²) in [5.41, 5.74) is 3.15. The lowest BCUT2D eigenvalue weighted by Crippen LogP contribution is -2.36. The van der Waals surface area contributed by atoms with E-state index in [0.29, 0.717) is 5.25 Å². The minimum absolute atomic E-state index is 0.282. The number of rotatable bonds is 3. The molecule has 1 aromatic rings. The number of hydrogen-bond donors (Lipinski definition) is 2. The highest BCUT2D eigenvalue weighted by Crippen LogP contribution is 2.22. The third-order valence-electron chi connectivity index (χ3n) is 3.09. The third-order valence-corrected chi connectivity index (χ3v) is 4.23. The Labute approximate surface area is 111 Å². The van der Waals surface area contributed by atoms with Crippen molar-refractivity contribution in [2.45, 2.75) is 25.6 Å². The molecule has 0 aliphatic carbocycles. The Hall–Kier alpha value is -0.980. The Morgan fingerprint density at radius 1 is 1.72 bits per heavy atom. The summed E-state index contributed by atoms with van der Waals surface area (Å²) in [6.07, 6.45) is 0. The summed E-state index contributed by atoms with van der Waals surface area (Å²) >= 11 is 2.00. The number of thioether (sulfide) groups is 1. The number of carbonyl (C=O) groups excluding carboxylic acids is 1. The lowest BCUT2D eigenvalue weighted by Gasteiger charge is -2.30. The van der Waals surface area contributed by atoms with Crippen molar-refractivity contribution in [1.82, 2.24) is 10.3 Å². The summed E-state index contributed by atoms with van der Waals surface area (Å²) in [5, 5.41) is 0.665. The van der Waals surface area contributed by atoms with Crippen LogP contribution in [0.2, 0.25) is 0 Å². The summed E-state index contributed by atoms with van der Waals surface area (Å²) in [5.74, 6) is 6.94. The molecule has 0 spiro atoms. The molecular weight excluding hydrogens is 250 g/mol. The van der Waals surface area contributed by atoms with E-state index in [4.69, 9.17) is 10.3 Å². The molecule has 1 aromatic heterocycles. The summed E-state index contributed by atoms with van der Waals surface area (Å²) in [4.78, 5) is 13.8. The number of nitrogens with one attached hydrogen (secondary N) is 1. The highest BCUT2D eigenvalue weighted by molar-refractivity contribution is 7.99. The fraction of sp³-hybridized carbons (Fsp3) is 0.583. The Kier molecular flexibility index (Phi) is 4.31. The summed E-state index contributed by atoms with van der Waals surface area (Å²) in [6, 6.07) is 1.78. The zero-order valence-electron chi connectivity index (χ0n) is 10.7. The quantitative estimate of drug-likeness (QED) is 0.489. The van der Waals surface area contributed by atoms with Gasteiger partial charge in [0, 0.05) is 36.2 Å². The van der Waals surface area contributed by atoms with Gasteiger partial charge in [0.05, 0.1) is 0 Å². The topological polar surface area (TPSA) is 71.5 Å². The van der Waals surface area contributed by atoms with E-state index in [9.17, 15) is 4.79 Å². The summed E-state index contributed by atoms with van der Waals surface area (Å²) in [6.45, 7) is 7.11. The van der Waals surface area contributed by atoms with Crippen molar-refractivity contribution in [2.24, 2.45) is 5.84 Å². The van der Waals surface area contributed by atoms with Gasteiger partial charge in [-0.15, -0.1) is 0 Å². The minimum Gasteiger partial charge on any atom is -0.456 e. The average Bonchev–Trinajstić information content (AvgIpc) is 2.70. The fourth-order valence-electron chi connectivity index (χ4n) is 2.13. The van der Waals surface area contributed by atoms with Crippen molar-refractivity contribution in [3.8, 4) is 0 Å². The number of furan rings is 1. The molecule has 3 N–H and O–H groups in total. The molecule has 1 fully saturated rings. The molecule has 0 aromatic carbocycles. The van der Waals surface area contributed by atoms with Crippen LogP contribution in [0.5, 0.6) is 0 Å². The number of nitrogens with two attached hydrogens (primary N) is 1. The SMILES string of the molecule is Cc1oc(C(=O)NN)cc1CN1CCSC(C)C1. The second kappa shape index (κ2) is 5.77. The normalized spacial score (nSPS) is 20.9. The maximum Gasteiger partial charge on any atom is 0.300 e. The van der Waals surface area contributed by atoms with Gasteiger partial charge in [-0.2, -0.15) is 11.8 Å². The van der Waals surface area contributed by atoms with Gasteiger partial charge in [0.25, 0.3) is 0 Å². The van der Waals surface area contributed by atoms with Crippen LogP contribution in [0.1, 0.15) is 28.8 Å². The molecule has 5 nitrogen and oxygen atoms in total. The van der Waals surface area contributed by atoms with Gasteiger partial charge in [-0.3, -0.25) is 15.1 Å². The number of hydrazine groups is 1. The Morgan fingerprint density at radius 2 is 2.50 bits per heavy atom. The molecule has 1 unspecified atom stereocenters. The van der Waals surface area contributed by atoms with Gasteiger partial charge in [-0.05, 0) is 13.0 Å². The maximum absolute atomic E-state index is 11.4. The standard InChI is InChI=1S/C12H19N3O2S/c1-8-6-15(3-4-18-8)7-10-5-11(12(16)14-13)17-9(10)2/h5,8H,3-4,6-7,13H2,1-2H3,(H,14,16). The molecule has 0 radical (unpaired) electrons. The van der Waals surface area contributed by atoms with E-state index in [1.807, 2.05) is 18.7 Å². The number of nitrogens with zero attached hydrogens (tertiary/aromatic N) is 1. The zero-order chi connectivity index (χ0) is 13.1. The van der Waals surface area contributed by atoms with E-state index < -0.39 is 0 Å². The first kappa shape index (κ1) is 13.5. The highest BCUT2D eigenvalue weighted by Gasteiger charge is 2.20. The van der Waals surface area contributed by atoms with Crippen molar-refractivity contribution in [1.29, 1.82) is 0 Å². The predicted octanol–water partition coefficient (Wildman–Crippen LogP) is 1.13. The molecule has 1 aliphatic rings. The average molecular weight is 269 g/mol. The van der Waals surface area contributed by atoms with E-state index in [2.05, 4.69) is 17.2 Å². The molecule has 0 saturated carbocycles. The summed E-state index contributed by atoms with van der Waals surface area (Å²) in [7, 11) is 0. The van der Waals surface area contributed by atoms with Crippen molar-refractivity contribution in [2.75, 3.05) is 18.8 Å². The monoisotopic (exact) mass is 269 g/mol. The van der Waals surface area contributed by atoms with Crippen molar-refractivity contribution >= 4 is 17.7 Å². The van der Waals surface area contributed by atoms with Gasteiger partial charge >= 0.3 is 5.91 Å². The first-order valence-corrected chi connectivity index (χ1v) is 7.09. The molecule has 18 heavy (non-hydrogen) atoms. The van der Waals surface area contributed by atoms with Gasteiger partial charge in [0.2, 0.25) is 0 Å². The van der Waals surface area contributed by atoms with Crippen molar-refractivity contribution < 1.29 is 9.21 Å². The maximum atomic E-state index is 11.4. The molecule has 0 bridgehead atoms. The van der Waals surface area contributed by atoms with E-state index in [-0.39, 0.29) is 11.7 Å². The summed E-state index contributed by atoms with van der Waals surface area (Å²) < 4.78 is 5.41. The molecule has 1 atom stereocenters. The van der Waals surface area contributed by atoms with Crippen LogP contribution in [-0.4, -0.2) is 34.9 Å². The predicted molar refractivity (Wildman–Crippen MR) is 72.3 cm³/mol. The molecule has 2 rings (SSSR count). The van der Waals surface area contributed by atoms with Gasteiger partial charge < -0.3 is 4.42 Å². The molecule has 100 valence electrons. The van der Waals surface area contributed by atoms with Gasteiger partial charge in [-0.25, -0.2) is 5.84 Å². The number of hydrogen-bond acceptors (Lipinski definition) is 5. The number of nitrogen functional groups attached to an aromatic ring is 1. The van der Waals surface area contributed by atoms with Crippen LogP contribution in [0, 0.1) is 6.92 Å². The molecule has 6 heteroatoms. The second-order valence-corrected chi connectivity index (χ2v) is 6.13. The van der Waals surface area contributed by atoms with Crippen LogP contribution in [0.25, 0.3) is 0 Å². The Balaban J connectivity index is 2.04. The first-order valence-electron chi connectivity index (χ1n) is 6.04. The smallest absolute Gasteiger partial charge is 0.300 e. The molecule has 1 saturated heterocycles. The largest absolute Gasteiger partial charge is 0.456 e. The Bertz CT molecular complexity index is 433. The molecule has 2 heterocycles. The second-order valence-electron chi connectivity index (χ2n) is 4.58. The van der Waals surface area contributed by atoms with Crippen LogP contribution >= 0.6 is 11.8 Å². The number of carbonyl (C=O) groups is 1. The highest BCUT2D eigenvalue weighted by atomic mass is 32.2. The van der Waals surface area contributed by atoms with Crippen LogP contribution < -0.4 is 11.3 Å². The zero-order valence-corrected chi connectivity index (χ0v) is 11.5. The number of aryl methyl sites for hydroxylation is 1. The third kappa shape index (κ3) is 3.07. The van der Waals surface area contributed by atoms with Crippen LogP contribution in [-0.2, 0) is 6.54 Å². The molecule has 1 amide bonds. The molecular formula is C12H19N3O2S. The van der Waals surface area contributed by atoms with Gasteiger partial charge in [0.15, 0.2) is 5.76 Å². The van der Waals surface area contributed by atoms with E-state index in [0.717, 1.165) is 36.7 Å². The molecule has 1 aliphatic heterocycles. The van der Waals surface area contributed by atoms with Crippen molar-refractivity contribution in [3.05, 3.63) is 23.2 Å². The van der Waals surface area contributed by atoms with Crippen LogP contribution in [0.3, 0.4) is 0 Å². The lowest BCUT2D eigenvalue weighted by atomic mass is 10.2. The minimum atomic E-state index is -0.382. The Morgan fingerprint density at radius 3 is 3.17 bits per heavy atom. The van der Waals surface area contributed by atoms with E-state index in [1.165, 1.54) is 0 Å². The van der Waals surface area contributed by atoms with Crippen LogP contribution in [0.15, 0.2) is 10.5 Å². The number of amides is 1. The first-order chi connectivity index (χ1) is 8.60. The van der Waals surface area contributed by atoms with Gasteiger partial charge in [0.1, 0.15) is 5.76 Å². The van der Waals surface area contributed by atoms with Gasteiger partial charge in [-0.1, -0.05) is 6.92 Å². The van der Waals surface area contributed by atoms with E-state index in [1.54, 1.807) is 6.07 Å². The fourth-order valence-corrected chi connectivity index (χ4v) is 3.22. The van der Waals surface area contributed by atoms with E-state index >= 15 is 0 Å². The lowest BCUT2D eigenvalue weighted by molar-refractivity contribution is 0.0924. The van der Waals surface area contributed by atoms with Crippen molar-refractivity contribution in [3.63, 3.8) is 0 Å².